The highest BCUT2D eigenvalue weighted by Gasteiger charge is 2.24. The quantitative estimate of drug-likeness (QED) is 0.165. The Morgan fingerprint density at radius 1 is 0.744 bits per heavy atom. The molecule has 4 nitrogen and oxygen atoms in total. The number of ether oxygens (including phenoxy) is 2. The first-order valence-corrected chi connectivity index (χ1v) is 15.4. The lowest BCUT2D eigenvalue weighted by Gasteiger charge is -2.29. The Morgan fingerprint density at radius 3 is 1.79 bits per heavy atom. The molecular weight excluding hydrogens is 539 g/mol. The van der Waals surface area contributed by atoms with E-state index < -0.39 is 0 Å². The van der Waals surface area contributed by atoms with E-state index in [1.165, 1.54) is 6.42 Å². The van der Waals surface area contributed by atoms with Gasteiger partial charge in [0.25, 0.3) is 0 Å². The molecule has 1 fully saturated rings. The molecule has 5 heteroatoms. The Balaban J connectivity index is 1.47. The van der Waals surface area contributed by atoms with E-state index in [-0.39, 0.29) is 19.0 Å². The molecule has 1 aliphatic carbocycles. The molecule has 0 radical (unpaired) electrons. The molecule has 0 amide bonds. The van der Waals surface area contributed by atoms with Crippen LogP contribution in [-0.4, -0.2) is 36.6 Å². The molecule has 1 aliphatic rings. The molecule has 0 saturated heterocycles. The van der Waals surface area contributed by atoms with Crippen LogP contribution < -0.4 is 9.47 Å². The van der Waals surface area contributed by atoms with Gasteiger partial charge in [-0.15, -0.1) is 6.58 Å². The van der Waals surface area contributed by atoms with Crippen LogP contribution in [0.1, 0.15) is 62.8 Å². The summed E-state index contributed by atoms with van der Waals surface area (Å²) in [5, 5.41) is 18.5. The maximum Gasteiger partial charge on any atom is 0.127 e. The third-order valence-electron chi connectivity index (χ3n) is 8.39. The van der Waals surface area contributed by atoms with Gasteiger partial charge in [0, 0.05) is 18.9 Å². The molecule has 0 bridgehead atoms. The molecule has 0 spiro atoms. The Kier molecular flexibility index (Phi) is 12.2. The van der Waals surface area contributed by atoms with Crippen molar-refractivity contribution in [2.24, 2.45) is 5.92 Å². The Morgan fingerprint density at radius 2 is 1.28 bits per heavy atom. The van der Waals surface area contributed by atoms with Crippen molar-refractivity contribution in [3.8, 4) is 33.8 Å². The molecule has 43 heavy (non-hydrogen) atoms. The van der Waals surface area contributed by atoms with Crippen molar-refractivity contribution >= 4 is 0 Å². The van der Waals surface area contributed by atoms with E-state index in [1.807, 2.05) is 60.7 Å². The van der Waals surface area contributed by atoms with E-state index in [4.69, 9.17) is 9.47 Å². The molecule has 0 unspecified atom stereocenters. The minimum Gasteiger partial charge on any atom is -0.493 e. The van der Waals surface area contributed by atoms with E-state index in [0.717, 1.165) is 65.8 Å². The zero-order valence-electron chi connectivity index (χ0n) is 25.2. The molecule has 0 atom stereocenters. The van der Waals surface area contributed by atoms with Crippen molar-refractivity contribution in [1.82, 2.24) is 0 Å². The van der Waals surface area contributed by atoms with Crippen molar-refractivity contribution in [2.75, 3.05) is 26.4 Å². The average Bonchev–Trinajstić information content (AvgIpc) is 3.04. The minimum atomic E-state index is -0.115. The lowest BCUT2D eigenvalue weighted by molar-refractivity contribution is 0.285. The van der Waals surface area contributed by atoms with Crippen molar-refractivity contribution < 1.29 is 24.1 Å². The van der Waals surface area contributed by atoms with Gasteiger partial charge in [-0.2, -0.15) is 0 Å². The van der Waals surface area contributed by atoms with E-state index in [0.29, 0.717) is 54.6 Å². The smallest absolute Gasteiger partial charge is 0.127 e. The Labute approximate surface area is 256 Å². The Bertz CT molecular complexity index is 1330. The van der Waals surface area contributed by atoms with Gasteiger partial charge < -0.3 is 19.7 Å². The van der Waals surface area contributed by atoms with Gasteiger partial charge in [-0.25, -0.2) is 4.39 Å². The number of hydrogen-bond acceptors (Lipinski definition) is 4. The van der Waals surface area contributed by atoms with Gasteiger partial charge in [-0.05, 0) is 108 Å². The van der Waals surface area contributed by atoms with Crippen LogP contribution in [0, 0.1) is 11.7 Å². The second kappa shape index (κ2) is 16.3. The SMILES string of the molecule is C=CCCC1CCC(c2ccc(-c3ccc(-c4cc(OCCC(=C)CO)cc(OCCC(=C)CO)c4)cc3)cc2F)CC1. The summed E-state index contributed by atoms with van der Waals surface area (Å²) < 4.78 is 27.3. The van der Waals surface area contributed by atoms with Gasteiger partial charge in [0.1, 0.15) is 17.3 Å². The van der Waals surface area contributed by atoms with E-state index in [1.54, 1.807) is 6.07 Å². The van der Waals surface area contributed by atoms with Crippen LogP contribution in [0.5, 0.6) is 11.5 Å². The van der Waals surface area contributed by atoms with Crippen molar-refractivity contribution in [2.45, 2.75) is 57.3 Å². The summed E-state index contributed by atoms with van der Waals surface area (Å²) in [5.41, 5.74) is 5.98. The number of aliphatic hydroxyl groups excluding tert-OH is 2. The molecule has 228 valence electrons. The van der Waals surface area contributed by atoms with Gasteiger partial charge in [0.2, 0.25) is 0 Å². The van der Waals surface area contributed by atoms with Gasteiger partial charge in [-0.3, -0.25) is 0 Å². The van der Waals surface area contributed by atoms with Gasteiger partial charge in [-0.1, -0.05) is 55.6 Å². The van der Waals surface area contributed by atoms with Gasteiger partial charge in [0.05, 0.1) is 26.4 Å². The maximum atomic E-state index is 15.3. The largest absolute Gasteiger partial charge is 0.493 e. The summed E-state index contributed by atoms with van der Waals surface area (Å²) in [5.74, 6) is 2.22. The third-order valence-corrected chi connectivity index (χ3v) is 8.39. The summed E-state index contributed by atoms with van der Waals surface area (Å²) in [6.07, 6.45) is 9.78. The van der Waals surface area contributed by atoms with Crippen LogP contribution >= 0.6 is 0 Å². The fourth-order valence-electron chi connectivity index (χ4n) is 5.70. The van der Waals surface area contributed by atoms with Crippen molar-refractivity contribution in [3.05, 3.63) is 109 Å². The number of halogens is 1. The lowest BCUT2D eigenvalue weighted by Crippen LogP contribution is -2.14. The molecule has 1 saturated carbocycles. The molecule has 0 heterocycles. The average molecular weight is 585 g/mol. The number of hydrogen-bond donors (Lipinski definition) is 2. The van der Waals surface area contributed by atoms with E-state index in [2.05, 4.69) is 19.7 Å². The molecular formula is C38H45FO4. The highest BCUT2D eigenvalue weighted by atomic mass is 19.1. The van der Waals surface area contributed by atoms with Crippen LogP contribution in [-0.2, 0) is 0 Å². The van der Waals surface area contributed by atoms with E-state index >= 15 is 4.39 Å². The fourth-order valence-corrected chi connectivity index (χ4v) is 5.70. The zero-order chi connectivity index (χ0) is 30.6. The maximum absolute atomic E-state index is 15.3. The topological polar surface area (TPSA) is 58.9 Å². The van der Waals surface area contributed by atoms with Crippen LogP contribution in [0.4, 0.5) is 4.39 Å². The van der Waals surface area contributed by atoms with Gasteiger partial charge in [0.15, 0.2) is 0 Å². The molecule has 4 rings (SSSR count). The number of benzene rings is 3. The lowest BCUT2D eigenvalue weighted by atomic mass is 9.77. The van der Waals surface area contributed by atoms with Gasteiger partial charge >= 0.3 is 0 Å². The van der Waals surface area contributed by atoms with Crippen LogP contribution in [0.3, 0.4) is 0 Å². The standard InChI is InChI=1S/C38H45FO4/c1-4-5-6-29-7-9-32(10-8-29)37-16-15-33(23-38(37)39)30-11-13-31(14-12-30)34-21-35(42-19-17-27(2)25-40)24-36(22-34)43-20-18-28(3)26-41/h4,11-16,21-24,29,32,40-41H,1-3,5-10,17-20,25-26H2. The highest BCUT2D eigenvalue weighted by molar-refractivity contribution is 5.72. The molecule has 3 aromatic carbocycles. The fraction of sp³-hybridized carbons (Fsp3) is 0.368. The second-order valence-corrected chi connectivity index (χ2v) is 11.6. The zero-order valence-corrected chi connectivity index (χ0v) is 25.2. The highest BCUT2D eigenvalue weighted by Crippen LogP contribution is 2.39. The van der Waals surface area contributed by atoms with E-state index in [9.17, 15) is 10.2 Å². The first-order chi connectivity index (χ1) is 20.9. The molecule has 3 aromatic rings. The molecule has 0 aromatic heterocycles. The molecule has 0 aliphatic heterocycles. The van der Waals surface area contributed by atoms with Crippen molar-refractivity contribution in [1.29, 1.82) is 0 Å². The predicted octanol–water partition coefficient (Wildman–Crippen LogP) is 9.03. The summed E-state index contributed by atoms with van der Waals surface area (Å²) >= 11 is 0. The predicted molar refractivity (Wildman–Crippen MR) is 174 cm³/mol. The minimum absolute atomic E-state index is 0.0666. The van der Waals surface area contributed by atoms with Crippen LogP contribution in [0.15, 0.2) is 97.6 Å². The third kappa shape index (κ3) is 9.41. The Hall–Kier alpha value is -3.67. The summed E-state index contributed by atoms with van der Waals surface area (Å²) in [4.78, 5) is 0. The van der Waals surface area contributed by atoms with Crippen molar-refractivity contribution in [3.63, 3.8) is 0 Å². The van der Waals surface area contributed by atoms with Crippen LogP contribution in [0.25, 0.3) is 22.3 Å². The number of rotatable bonds is 16. The summed E-state index contributed by atoms with van der Waals surface area (Å²) in [6.45, 7) is 12.1. The first-order valence-electron chi connectivity index (χ1n) is 15.4. The monoisotopic (exact) mass is 584 g/mol. The summed E-state index contributed by atoms with van der Waals surface area (Å²) in [7, 11) is 0. The molecule has 2 N–H and O–H groups in total. The van der Waals surface area contributed by atoms with Crippen LogP contribution in [0.2, 0.25) is 0 Å². The number of aliphatic hydroxyl groups is 2. The first kappa shape index (κ1) is 32.2. The summed E-state index contributed by atoms with van der Waals surface area (Å²) in [6, 6.07) is 19.5. The second-order valence-electron chi connectivity index (χ2n) is 11.6. The normalized spacial score (nSPS) is 16.4. The number of allylic oxidation sites excluding steroid dienone is 1.